The molecule has 8 heteroatoms. The average molecular weight is 449 g/mol. The Morgan fingerprint density at radius 2 is 1.91 bits per heavy atom. The number of amides is 2. The Balaban J connectivity index is 1.23. The van der Waals surface area contributed by atoms with Crippen molar-refractivity contribution in [2.75, 3.05) is 12.4 Å². The molecule has 0 unspecified atom stereocenters. The fraction of sp³-hybridized carbons (Fsp3) is 0.360. The van der Waals surface area contributed by atoms with Gasteiger partial charge in [-0.3, -0.25) is 9.59 Å². The molecule has 33 heavy (non-hydrogen) atoms. The molecule has 1 saturated carbocycles. The summed E-state index contributed by atoms with van der Waals surface area (Å²) in [6.45, 7) is 0.382. The van der Waals surface area contributed by atoms with Gasteiger partial charge in [0.05, 0.1) is 7.11 Å². The standard InChI is InChI=1S/C25H28N4O4/c1-32-21-11-9-18(10-12-21)24-28-23(33-29-24)14-13-22(30)26-16-17-5-4-8-20(15-17)27-25(31)19-6-2-3-7-19/h4-5,8-12,15,19H,2-3,6-7,13-14,16H2,1H3,(H,26,30)(H,27,31). The number of carbonyl (C=O) groups excluding carboxylic acids is 2. The van der Waals surface area contributed by atoms with Crippen molar-refractivity contribution in [3.63, 3.8) is 0 Å². The summed E-state index contributed by atoms with van der Waals surface area (Å²) in [7, 11) is 1.61. The predicted octanol–water partition coefficient (Wildman–Crippen LogP) is 4.12. The quantitative estimate of drug-likeness (QED) is 0.510. The first-order chi connectivity index (χ1) is 16.1. The number of aromatic nitrogens is 2. The first-order valence-electron chi connectivity index (χ1n) is 11.2. The van der Waals surface area contributed by atoms with Crippen LogP contribution in [0.1, 0.15) is 43.6 Å². The molecule has 1 aromatic heterocycles. The number of carbonyl (C=O) groups is 2. The van der Waals surface area contributed by atoms with Crippen molar-refractivity contribution in [3.8, 4) is 17.1 Å². The molecule has 1 fully saturated rings. The topological polar surface area (TPSA) is 106 Å². The number of hydrogen-bond acceptors (Lipinski definition) is 6. The molecule has 8 nitrogen and oxygen atoms in total. The Hall–Kier alpha value is -3.68. The highest BCUT2D eigenvalue weighted by atomic mass is 16.5. The summed E-state index contributed by atoms with van der Waals surface area (Å²) >= 11 is 0. The third kappa shape index (κ3) is 6.19. The van der Waals surface area contributed by atoms with Crippen LogP contribution in [-0.2, 0) is 22.6 Å². The zero-order valence-electron chi connectivity index (χ0n) is 18.7. The van der Waals surface area contributed by atoms with Crippen LogP contribution >= 0.6 is 0 Å². The maximum atomic E-state index is 12.3. The van der Waals surface area contributed by atoms with Crippen molar-refractivity contribution in [2.45, 2.75) is 45.1 Å². The number of benzene rings is 2. The van der Waals surface area contributed by atoms with E-state index in [2.05, 4.69) is 20.8 Å². The second kappa shape index (κ2) is 10.8. The first-order valence-corrected chi connectivity index (χ1v) is 11.2. The Bertz CT molecular complexity index is 1090. The molecular formula is C25H28N4O4. The third-order valence-corrected chi connectivity index (χ3v) is 5.79. The molecule has 2 aromatic carbocycles. The summed E-state index contributed by atoms with van der Waals surface area (Å²) in [6.07, 6.45) is 4.76. The van der Waals surface area contributed by atoms with Gasteiger partial charge in [0, 0.05) is 36.6 Å². The van der Waals surface area contributed by atoms with Gasteiger partial charge in [0.2, 0.25) is 23.5 Å². The van der Waals surface area contributed by atoms with E-state index in [1.54, 1.807) is 7.11 Å². The van der Waals surface area contributed by atoms with Crippen LogP contribution in [-0.4, -0.2) is 29.1 Å². The maximum absolute atomic E-state index is 12.3. The van der Waals surface area contributed by atoms with Crippen LogP contribution in [0, 0.1) is 5.92 Å². The Labute approximate surface area is 192 Å². The van der Waals surface area contributed by atoms with E-state index in [1.165, 1.54) is 0 Å². The number of nitrogens with zero attached hydrogens (tertiary/aromatic N) is 2. The van der Waals surface area contributed by atoms with Crippen molar-refractivity contribution in [3.05, 3.63) is 60.0 Å². The molecule has 0 aliphatic heterocycles. The molecule has 2 amide bonds. The smallest absolute Gasteiger partial charge is 0.227 e. The third-order valence-electron chi connectivity index (χ3n) is 5.79. The van der Waals surface area contributed by atoms with Crippen LogP contribution in [0.3, 0.4) is 0 Å². The number of nitrogens with one attached hydrogen (secondary N) is 2. The van der Waals surface area contributed by atoms with Gasteiger partial charge in [-0.05, 0) is 54.8 Å². The van der Waals surface area contributed by atoms with E-state index in [-0.39, 0.29) is 24.2 Å². The molecule has 2 N–H and O–H groups in total. The SMILES string of the molecule is COc1ccc(-c2noc(CCC(=O)NCc3cccc(NC(=O)C4CCCC4)c3)n2)cc1. The zero-order chi connectivity index (χ0) is 23.0. The van der Waals surface area contributed by atoms with E-state index in [1.807, 2.05) is 48.5 Å². The monoisotopic (exact) mass is 448 g/mol. The summed E-state index contributed by atoms with van der Waals surface area (Å²) in [4.78, 5) is 29.0. The van der Waals surface area contributed by atoms with E-state index < -0.39 is 0 Å². The number of rotatable bonds is 9. The molecule has 1 aliphatic carbocycles. The minimum atomic E-state index is -0.111. The molecule has 0 atom stereocenters. The van der Waals surface area contributed by atoms with Crippen molar-refractivity contribution in [2.24, 2.45) is 5.92 Å². The molecule has 0 bridgehead atoms. The zero-order valence-corrected chi connectivity index (χ0v) is 18.7. The largest absolute Gasteiger partial charge is 0.497 e. The van der Waals surface area contributed by atoms with E-state index in [0.29, 0.717) is 24.7 Å². The van der Waals surface area contributed by atoms with Gasteiger partial charge in [0.1, 0.15) is 5.75 Å². The number of hydrogen-bond donors (Lipinski definition) is 2. The average Bonchev–Trinajstić information content (AvgIpc) is 3.54. The van der Waals surface area contributed by atoms with Crippen molar-refractivity contribution >= 4 is 17.5 Å². The summed E-state index contributed by atoms with van der Waals surface area (Å²) in [5.41, 5.74) is 2.50. The second-order valence-electron chi connectivity index (χ2n) is 8.19. The van der Waals surface area contributed by atoms with E-state index in [0.717, 1.165) is 48.2 Å². The summed E-state index contributed by atoms with van der Waals surface area (Å²) in [5, 5.41) is 9.88. The lowest BCUT2D eigenvalue weighted by molar-refractivity contribution is -0.121. The fourth-order valence-electron chi connectivity index (χ4n) is 3.91. The second-order valence-corrected chi connectivity index (χ2v) is 8.19. The summed E-state index contributed by atoms with van der Waals surface area (Å²) in [6, 6.07) is 14.9. The number of anilines is 1. The molecule has 4 rings (SSSR count). The van der Waals surface area contributed by atoms with Crippen LogP contribution in [0.2, 0.25) is 0 Å². The number of aryl methyl sites for hydroxylation is 1. The lowest BCUT2D eigenvalue weighted by atomic mass is 10.1. The number of ether oxygens (including phenoxy) is 1. The van der Waals surface area contributed by atoms with Crippen molar-refractivity contribution < 1.29 is 18.8 Å². The van der Waals surface area contributed by atoms with E-state index in [9.17, 15) is 9.59 Å². The minimum absolute atomic E-state index is 0.0854. The number of methoxy groups -OCH3 is 1. The van der Waals surface area contributed by atoms with Crippen LogP contribution in [0.15, 0.2) is 53.1 Å². The molecule has 1 heterocycles. The molecular weight excluding hydrogens is 420 g/mol. The lowest BCUT2D eigenvalue weighted by Crippen LogP contribution is -2.23. The summed E-state index contributed by atoms with van der Waals surface area (Å²) < 4.78 is 10.4. The summed E-state index contributed by atoms with van der Waals surface area (Å²) in [5.74, 6) is 1.73. The molecule has 0 radical (unpaired) electrons. The normalized spacial score (nSPS) is 13.6. The minimum Gasteiger partial charge on any atom is -0.497 e. The van der Waals surface area contributed by atoms with Crippen molar-refractivity contribution in [1.82, 2.24) is 15.5 Å². The van der Waals surface area contributed by atoms with Gasteiger partial charge in [0.15, 0.2) is 0 Å². The van der Waals surface area contributed by atoms with Gasteiger partial charge >= 0.3 is 0 Å². The van der Waals surface area contributed by atoms with Crippen LogP contribution in [0.5, 0.6) is 5.75 Å². The fourth-order valence-corrected chi connectivity index (χ4v) is 3.91. The first kappa shape index (κ1) is 22.5. The Kier molecular flexibility index (Phi) is 7.34. The highest BCUT2D eigenvalue weighted by molar-refractivity contribution is 5.92. The Morgan fingerprint density at radius 1 is 1.12 bits per heavy atom. The maximum Gasteiger partial charge on any atom is 0.227 e. The molecule has 172 valence electrons. The molecule has 0 spiro atoms. The predicted molar refractivity (Wildman–Crippen MR) is 123 cm³/mol. The van der Waals surface area contributed by atoms with Gasteiger partial charge in [-0.1, -0.05) is 30.1 Å². The van der Waals surface area contributed by atoms with Crippen molar-refractivity contribution in [1.29, 1.82) is 0 Å². The highest BCUT2D eigenvalue weighted by Crippen LogP contribution is 2.26. The van der Waals surface area contributed by atoms with E-state index in [4.69, 9.17) is 9.26 Å². The van der Waals surface area contributed by atoms with Gasteiger partial charge in [-0.25, -0.2) is 0 Å². The van der Waals surface area contributed by atoms with Gasteiger partial charge in [-0.2, -0.15) is 4.98 Å². The molecule has 3 aromatic rings. The highest BCUT2D eigenvalue weighted by Gasteiger charge is 2.22. The van der Waals surface area contributed by atoms with Crippen LogP contribution in [0.4, 0.5) is 5.69 Å². The van der Waals surface area contributed by atoms with Crippen LogP contribution < -0.4 is 15.4 Å². The van der Waals surface area contributed by atoms with E-state index >= 15 is 0 Å². The lowest BCUT2D eigenvalue weighted by Gasteiger charge is -2.11. The molecule has 1 aliphatic rings. The van der Waals surface area contributed by atoms with Crippen LogP contribution in [0.25, 0.3) is 11.4 Å². The Morgan fingerprint density at radius 3 is 2.67 bits per heavy atom. The molecule has 0 saturated heterocycles. The van der Waals surface area contributed by atoms with Gasteiger partial charge < -0.3 is 19.9 Å². The van der Waals surface area contributed by atoms with Gasteiger partial charge in [0.25, 0.3) is 0 Å². The van der Waals surface area contributed by atoms with Gasteiger partial charge in [-0.15, -0.1) is 0 Å².